The van der Waals surface area contributed by atoms with Crippen molar-refractivity contribution in [3.63, 3.8) is 0 Å². The van der Waals surface area contributed by atoms with Gasteiger partial charge in [0.2, 0.25) is 0 Å². The lowest BCUT2D eigenvalue weighted by molar-refractivity contribution is -0.0399. The van der Waals surface area contributed by atoms with Crippen molar-refractivity contribution in [1.82, 2.24) is 0 Å². The molecule has 4 bridgehead atoms. The molecule has 0 unspecified atom stereocenters. The molecule has 8 aromatic carbocycles. The molecule has 8 aromatic rings. The summed E-state index contributed by atoms with van der Waals surface area (Å²) in [6.45, 7) is 0. The van der Waals surface area contributed by atoms with E-state index in [2.05, 4.69) is 205 Å². The fourth-order valence-electron chi connectivity index (χ4n) is 12.4. The summed E-state index contributed by atoms with van der Waals surface area (Å²) in [5, 5.41) is 0. The Balaban J connectivity index is 0.964. The van der Waals surface area contributed by atoms with Gasteiger partial charge in [0.05, 0.1) is 5.69 Å². The van der Waals surface area contributed by atoms with Crippen LogP contribution in [0.15, 0.2) is 200 Å². The summed E-state index contributed by atoms with van der Waals surface area (Å²) in [5.74, 6) is 3.29. The van der Waals surface area contributed by atoms with Crippen molar-refractivity contribution in [1.29, 1.82) is 0 Å². The molecule has 0 amide bonds. The number of rotatable bonds is 7. The Labute approximate surface area is 348 Å². The predicted molar refractivity (Wildman–Crippen MR) is 246 cm³/mol. The topological polar surface area (TPSA) is 3.24 Å². The first-order chi connectivity index (χ1) is 29.2. The van der Waals surface area contributed by atoms with Gasteiger partial charge in [-0.1, -0.05) is 170 Å². The van der Waals surface area contributed by atoms with E-state index in [9.17, 15) is 0 Å². The summed E-state index contributed by atoms with van der Waals surface area (Å²) < 4.78 is 0. The van der Waals surface area contributed by atoms with E-state index in [1.807, 2.05) is 0 Å². The zero-order chi connectivity index (χ0) is 38.9. The predicted octanol–water partition coefficient (Wildman–Crippen LogP) is 15.5. The molecule has 1 spiro atoms. The standard InChI is InChI=1S/C58H47N/c1-3-10-41(11-4-1)43-18-22-45(23-19-43)47-26-30-51(31-27-47)59(52-32-28-48(29-33-52)46-24-20-44(21-25-46)42-12-5-2-6-13-42)56-17-9-16-55-57(56)53-14-7-8-15-54(53)58(55)49-35-39-34-40(37-49)38-50(58)36-39/h1-33,39-40,49-50H,34-38H2. The van der Waals surface area contributed by atoms with Gasteiger partial charge in [-0.05, 0) is 147 Å². The van der Waals surface area contributed by atoms with Crippen LogP contribution in [0.2, 0.25) is 0 Å². The van der Waals surface area contributed by atoms with Gasteiger partial charge in [0.25, 0.3) is 0 Å². The van der Waals surface area contributed by atoms with Gasteiger partial charge in [-0.25, -0.2) is 0 Å². The van der Waals surface area contributed by atoms with E-state index >= 15 is 0 Å². The molecule has 0 aliphatic heterocycles. The van der Waals surface area contributed by atoms with Crippen molar-refractivity contribution in [2.24, 2.45) is 23.7 Å². The maximum atomic E-state index is 2.54. The zero-order valence-electron chi connectivity index (χ0n) is 33.3. The molecule has 0 aromatic heterocycles. The third-order valence-corrected chi connectivity index (χ3v) is 14.7. The van der Waals surface area contributed by atoms with E-state index in [1.165, 1.54) is 105 Å². The fourth-order valence-corrected chi connectivity index (χ4v) is 12.4. The normalized spacial score (nSPS) is 22.0. The second-order valence-electron chi connectivity index (χ2n) is 17.7. The third-order valence-electron chi connectivity index (χ3n) is 14.7. The maximum Gasteiger partial charge on any atom is 0.0543 e. The Kier molecular flexibility index (Phi) is 8.12. The summed E-state index contributed by atoms with van der Waals surface area (Å²) in [4.78, 5) is 2.54. The average Bonchev–Trinajstić information content (AvgIpc) is 3.60. The summed E-state index contributed by atoms with van der Waals surface area (Å²) in [6.07, 6.45) is 7.00. The van der Waals surface area contributed by atoms with Gasteiger partial charge in [-0.15, -0.1) is 0 Å². The molecule has 1 nitrogen and oxygen atoms in total. The monoisotopic (exact) mass is 757 g/mol. The van der Waals surface area contributed by atoms with Gasteiger partial charge in [0.1, 0.15) is 0 Å². The van der Waals surface area contributed by atoms with Gasteiger partial charge < -0.3 is 4.90 Å². The van der Waals surface area contributed by atoms with Gasteiger partial charge in [-0.3, -0.25) is 0 Å². The molecular formula is C58H47N. The highest BCUT2D eigenvalue weighted by atomic mass is 15.1. The van der Waals surface area contributed by atoms with Crippen LogP contribution in [-0.4, -0.2) is 0 Å². The minimum atomic E-state index is 0.118. The molecule has 0 N–H and O–H groups in total. The minimum absolute atomic E-state index is 0.118. The molecule has 0 radical (unpaired) electrons. The van der Waals surface area contributed by atoms with E-state index in [1.54, 1.807) is 11.1 Å². The Morgan fingerprint density at radius 3 is 1.15 bits per heavy atom. The van der Waals surface area contributed by atoms with Gasteiger partial charge in [0.15, 0.2) is 0 Å². The first-order valence-corrected chi connectivity index (χ1v) is 21.8. The van der Waals surface area contributed by atoms with E-state index < -0.39 is 0 Å². The summed E-state index contributed by atoms with van der Waals surface area (Å²) in [5.41, 5.74) is 19.7. The van der Waals surface area contributed by atoms with Crippen LogP contribution in [0.5, 0.6) is 0 Å². The number of anilines is 3. The molecule has 0 atom stereocenters. The van der Waals surface area contributed by atoms with Crippen molar-refractivity contribution < 1.29 is 0 Å². The zero-order valence-corrected chi connectivity index (χ0v) is 33.3. The first kappa shape index (κ1) is 34.6. The molecule has 4 fully saturated rings. The molecule has 5 aliphatic carbocycles. The number of benzene rings is 8. The number of nitrogens with zero attached hydrogens (tertiary/aromatic N) is 1. The lowest BCUT2D eigenvalue weighted by Crippen LogP contribution is -2.55. The minimum Gasteiger partial charge on any atom is -0.310 e. The highest BCUT2D eigenvalue weighted by Gasteiger charge is 2.61. The van der Waals surface area contributed by atoms with Gasteiger partial charge >= 0.3 is 0 Å². The van der Waals surface area contributed by atoms with Crippen LogP contribution in [0.1, 0.15) is 43.2 Å². The average molecular weight is 758 g/mol. The number of hydrogen-bond donors (Lipinski definition) is 0. The third kappa shape index (κ3) is 5.59. The van der Waals surface area contributed by atoms with Crippen molar-refractivity contribution in [3.05, 3.63) is 211 Å². The number of hydrogen-bond acceptors (Lipinski definition) is 1. The Hall–Kier alpha value is -6.44. The molecule has 59 heavy (non-hydrogen) atoms. The summed E-state index contributed by atoms with van der Waals surface area (Å²) in [7, 11) is 0. The first-order valence-electron chi connectivity index (χ1n) is 21.8. The van der Waals surface area contributed by atoms with Crippen LogP contribution in [-0.2, 0) is 5.41 Å². The second kappa shape index (κ2) is 13.8. The van der Waals surface area contributed by atoms with Crippen LogP contribution < -0.4 is 4.90 Å². The smallest absolute Gasteiger partial charge is 0.0543 e. The van der Waals surface area contributed by atoms with E-state index in [0.29, 0.717) is 0 Å². The maximum absolute atomic E-state index is 2.54. The van der Waals surface area contributed by atoms with Crippen LogP contribution in [0.25, 0.3) is 55.6 Å². The molecule has 4 saturated carbocycles. The molecule has 5 aliphatic rings. The van der Waals surface area contributed by atoms with Crippen LogP contribution >= 0.6 is 0 Å². The van der Waals surface area contributed by atoms with Crippen LogP contribution in [0.3, 0.4) is 0 Å². The second-order valence-corrected chi connectivity index (χ2v) is 17.7. The van der Waals surface area contributed by atoms with Crippen LogP contribution in [0.4, 0.5) is 17.1 Å². The van der Waals surface area contributed by atoms with Crippen molar-refractivity contribution >= 4 is 17.1 Å². The molecule has 13 rings (SSSR count). The summed E-state index contributed by atoms with van der Waals surface area (Å²) in [6, 6.07) is 74.6. The SMILES string of the molecule is c1ccc(-c2ccc(-c3ccc(N(c4ccc(-c5ccc(-c6ccccc6)cc5)cc4)c4cccc5c4-c4ccccc4C54C5CC6CC(C5)CC4C6)cc3)cc2)cc1. The van der Waals surface area contributed by atoms with Crippen molar-refractivity contribution in [2.75, 3.05) is 4.90 Å². The van der Waals surface area contributed by atoms with E-state index in [0.717, 1.165) is 23.7 Å². The van der Waals surface area contributed by atoms with Gasteiger partial charge in [-0.2, -0.15) is 0 Å². The number of fused-ring (bicyclic) bond motifs is 3. The van der Waals surface area contributed by atoms with Crippen molar-refractivity contribution in [3.8, 4) is 55.6 Å². The highest BCUT2D eigenvalue weighted by Crippen LogP contribution is 2.70. The van der Waals surface area contributed by atoms with E-state index in [-0.39, 0.29) is 5.41 Å². The largest absolute Gasteiger partial charge is 0.310 e. The lowest BCUT2D eigenvalue weighted by Gasteiger charge is -2.61. The fraction of sp³-hybridized carbons (Fsp3) is 0.172. The van der Waals surface area contributed by atoms with E-state index in [4.69, 9.17) is 0 Å². The quantitative estimate of drug-likeness (QED) is 0.156. The highest BCUT2D eigenvalue weighted by molar-refractivity contribution is 5.96. The van der Waals surface area contributed by atoms with Crippen LogP contribution in [0, 0.1) is 23.7 Å². The Morgan fingerprint density at radius 2 is 0.695 bits per heavy atom. The molecule has 0 heterocycles. The summed E-state index contributed by atoms with van der Waals surface area (Å²) >= 11 is 0. The Bertz CT molecular complexity index is 2630. The molecule has 284 valence electrons. The Morgan fingerprint density at radius 1 is 0.322 bits per heavy atom. The van der Waals surface area contributed by atoms with Gasteiger partial charge in [0, 0.05) is 22.4 Å². The molecule has 0 saturated heterocycles. The lowest BCUT2D eigenvalue weighted by atomic mass is 9.43. The molecule has 1 heteroatoms. The van der Waals surface area contributed by atoms with Crippen molar-refractivity contribution in [2.45, 2.75) is 37.5 Å². The molecular weight excluding hydrogens is 711 g/mol.